The molecule has 2 N–H and O–H groups in total. The predicted molar refractivity (Wildman–Crippen MR) is 111 cm³/mol. The number of hydrogen-bond acceptors (Lipinski definition) is 4. The fourth-order valence-electron chi connectivity index (χ4n) is 3.81. The molecule has 0 aliphatic carbocycles. The van der Waals surface area contributed by atoms with Crippen LogP contribution in [0.5, 0.6) is 0 Å². The molecule has 3 aromatic rings. The lowest BCUT2D eigenvalue weighted by Gasteiger charge is -2.26. The van der Waals surface area contributed by atoms with Crippen LogP contribution in [0, 0.1) is 4.77 Å². The van der Waals surface area contributed by atoms with Crippen LogP contribution in [0.2, 0.25) is 0 Å². The van der Waals surface area contributed by atoms with E-state index in [9.17, 15) is 0 Å². The van der Waals surface area contributed by atoms with Gasteiger partial charge in [-0.25, -0.2) is 0 Å². The minimum absolute atomic E-state index is 0.791. The average Bonchev–Trinajstić information content (AvgIpc) is 3.01. The molecule has 0 atom stereocenters. The van der Waals surface area contributed by atoms with E-state index in [0.717, 1.165) is 62.6 Å². The molecule has 4 rings (SSSR count). The molecule has 138 valence electrons. The molecule has 0 bridgehead atoms. The van der Waals surface area contributed by atoms with E-state index >= 15 is 0 Å². The summed E-state index contributed by atoms with van der Waals surface area (Å²) in [5, 5.41) is 6.09. The summed E-state index contributed by atoms with van der Waals surface area (Å²) in [6.07, 6.45) is 1.13. The summed E-state index contributed by atoms with van der Waals surface area (Å²) in [7, 11) is 0. The minimum atomic E-state index is 0.791. The molecule has 0 saturated carbocycles. The van der Waals surface area contributed by atoms with Gasteiger partial charge < -0.3 is 19.6 Å². The lowest BCUT2D eigenvalue weighted by molar-refractivity contribution is 0.0378. The van der Waals surface area contributed by atoms with Gasteiger partial charge in [-0.1, -0.05) is 18.2 Å². The molecule has 26 heavy (non-hydrogen) atoms. The molecule has 0 unspecified atom stereocenters. The van der Waals surface area contributed by atoms with Gasteiger partial charge in [0.1, 0.15) is 0 Å². The Bertz CT molecular complexity index is 955. The lowest BCUT2D eigenvalue weighted by atomic mass is 10.1. The second-order valence-electron chi connectivity index (χ2n) is 6.77. The number of fused-ring (bicyclic) bond motifs is 3. The van der Waals surface area contributed by atoms with Gasteiger partial charge in [-0.05, 0) is 44.2 Å². The molecule has 1 fully saturated rings. The van der Waals surface area contributed by atoms with Crippen LogP contribution in [-0.4, -0.2) is 53.8 Å². The van der Waals surface area contributed by atoms with Crippen molar-refractivity contribution in [2.75, 3.05) is 44.7 Å². The summed E-state index contributed by atoms with van der Waals surface area (Å²) in [4.78, 5) is 5.87. The van der Waals surface area contributed by atoms with Gasteiger partial charge in [-0.15, -0.1) is 0 Å². The third kappa shape index (κ3) is 3.37. The Morgan fingerprint density at radius 3 is 2.81 bits per heavy atom. The minimum Gasteiger partial charge on any atom is -0.384 e. The molecule has 1 aliphatic rings. The molecule has 1 aliphatic heterocycles. The molecule has 1 saturated heterocycles. The van der Waals surface area contributed by atoms with Gasteiger partial charge in [0.15, 0.2) is 4.77 Å². The van der Waals surface area contributed by atoms with E-state index in [4.69, 9.17) is 17.0 Å². The summed E-state index contributed by atoms with van der Waals surface area (Å²) < 4.78 is 8.34. The van der Waals surface area contributed by atoms with Crippen LogP contribution in [0.25, 0.3) is 21.8 Å². The van der Waals surface area contributed by atoms with Crippen LogP contribution in [0.4, 0.5) is 5.69 Å². The second kappa shape index (κ2) is 7.78. The van der Waals surface area contributed by atoms with E-state index in [1.807, 2.05) is 0 Å². The average molecular weight is 371 g/mol. The molecule has 5 nitrogen and oxygen atoms in total. The number of nitrogens with zero attached hydrogens (tertiary/aromatic N) is 2. The molecule has 1 aromatic heterocycles. The Morgan fingerprint density at radius 2 is 2.00 bits per heavy atom. The highest BCUT2D eigenvalue weighted by atomic mass is 32.1. The molecule has 0 spiro atoms. The molecular formula is C20H26N4OS. The van der Waals surface area contributed by atoms with Crippen molar-refractivity contribution in [3.05, 3.63) is 35.1 Å². The number of anilines is 1. The predicted octanol–water partition coefficient (Wildman–Crippen LogP) is 4.01. The van der Waals surface area contributed by atoms with E-state index < -0.39 is 0 Å². The smallest absolute Gasteiger partial charge is 0.178 e. The van der Waals surface area contributed by atoms with Gasteiger partial charge in [-0.3, -0.25) is 4.90 Å². The highest BCUT2D eigenvalue weighted by molar-refractivity contribution is 7.71. The Labute approximate surface area is 158 Å². The first-order valence-electron chi connectivity index (χ1n) is 9.46. The standard InChI is InChI=1S/C20H26N4OS/c1-2-24-18-8-7-15-16(19(18)22-20(24)26)5-3-6-17(15)21-9-4-10-23-11-13-25-14-12-23/h3,5-8,21H,2,4,9-14H2,1H3,(H,22,26). The maximum atomic E-state index is 5.47. The fraction of sp³-hybridized carbons (Fsp3) is 0.450. The fourth-order valence-corrected chi connectivity index (χ4v) is 4.13. The SMILES string of the molecule is CCn1c(=S)[nH]c2c3cccc(NCCCN4CCOCC4)c3ccc21. The Kier molecular flexibility index (Phi) is 5.24. The lowest BCUT2D eigenvalue weighted by Crippen LogP contribution is -2.37. The third-order valence-corrected chi connectivity index (χ3v) is 5.52. The van der Waals surface area contributed by atoms with Crippen LogP contribution in [0.3, 0.4) is 0 Å². The number of benzene rings is 2. The van der Waals surface area contributed by atoms with E-state index in [-0.39, 0.29) is 0 Å². The van der Waals surface area contributed by atoms with E-state index in [1.165, 1.54) is 22.0 Å². The number of aryl methyl sites for hydroxylation is 1. The zero-order valence-corrected chi connectivity index (χ0v) is 16.1. The number of hydrogen-bond donors (Lipinski definition) is 2. The quantitative estimate of drug-likeness (QED) is 0.508. The molecule has 6 heteroatoms. The topological polar surface area (TPSA) is 45.2 Å². The maximum absolute atomic E-state index is 5.47. The number of imidazole rings is 1. The van der Waals surface area contributed by atoms with E-state index in [0.29, 0.717) is 0 Å². The molecule has 2 aromatic carbocycles. The van der Waals surface area contributed by atoms with Crippen molar-refractivity contribution in [1.29, 1.82) is 0 Å². The van der Waals surface area contributed by atoms with Crippen molar-refractivity contribution >= 4 is 39.7 Å². The number of aromatic amines is 1. The first kappa shape index (κ1) is 17.5. The monoisotopic (exact) mass is 370 g/mol. The van der Waals surface area contributed by atoms with Gasteiger partial charge in [0, 0.05) is 42.6 Å². The van der Waals surface area contributed by atoms with Gasteiger partial charge in [0.05, 0.1) is 24.2 Å². The molecule has 0 radical (unpaired) electrons. The first-order valence-corrected chi connectivity index (χ1v) is 9.87. The van der Waals surface area contributed by atoms with Crippen molar-refractivity contribution in [1.82, 2.24) is 14.5 Å². The van der Waals surface area contributed by atoms with E-state index in [2.05, 4.69) is 57.0 Å². The normalized spacial score (nSPS) is 15.7. The van der Waals surface area contributed by atoms with Gasteiger partial charge in [-0.2, -0.15) is 0 Å². The summed E-state index contributed by atoms with van der Waals surface area (Å²) in [5.74, 6) is 0. The molecule has 0 amide bonds. The van der Waals surface area contributed by atoms with Crippen LogP contribution >= 0.6 is 12.2 Å². The van der Waals surface area contributed by atoms with Gasteiger partial charge in [0.25, 0.3) is 0 Å². The van der Waals surface area contributed by atoms with Crippen molar-refractivity contribution in [3.63, 3.8) is 0 Å². The van der Waals surface area contributed by atoms with Crippen molar-refractivity contribution in [3.8, 4) is 0 Å². The molecular weight excluding hydrogens is 344 g/mol. The zero-order valence-electron chi connectivity index (χ0n) is 15.3. The summed E-state index contributed by atoms with van der Waals surface area (Å²) in [5.41, 5.74) is 3.50. The number of nitrogens with one attached hydrogen (secondary N) is 2. The summed E-state index contributed by atoms with van der Waals surface area (Å²) in [6.45, 7) is 8.94. The van der Waals surface area contributed by atoms with Gasteiger partial charge in [0.2, 0.25) is 0 Å². The van der Waals surface area contributed by atoms with Crippen LogP contribution in [-0.2, 0) is 11.3 Å². The van der Waals surface area contributed by atoms with E-state index in [1.54, 1.807) is 0 Å². The number of ether oxygens (including phenoxy) is 1. The van der Waals surface area contributed by atoms with Crippen molar-refractivity contribution in [2.45, 2.75) is 19.9 Å². The first-order chi connectivity index (χ1) is 12.8. The number of H-pyrrole nitrogens is 1. The third-order valence-electron chi connectivity index (χ3n) is 5.19. The highest BCUT2D eigenvalue weighted by Gasteiger charge is 2.11. The van der Waals surface area contributed by atoms with Crippen molar-refractivity contribution < 1.29 is 4.74 Å². The number of aromatic nitrogens is 2. The summed E-state index contributed by atoms with van der Waals surface area (Å²) in [6, 6.07) is 10.8. The Morgan fingerprint density at radius 1 is 1.15 bits per heavy atom. The van der Waals surface area contributed by atoms with Crippen molar-refractivity contribution in [2.24, 2.45) is 0 Å². The summed E-state index contributed by atoms with van der Waals surface area (Å²) >= 11 is 5.47. The van der Waals surface area contributed by atoms with Crippen LogP contribution in [0.1, 0.15) is 13.3 Å². The number of rotatable bonds is 6. The largest absolute Gasteiger partial charge is 0.384 e. The second-order valence-corrected chi connectivity index (χ2v) is 7.16. The van der Waals surface area contributed by atoms with Gasteiger partial charge >= 0.3 is 0 Å². The Hall–Kier alpha value is -1.89. The van der Waals surface area contributed by atoms with Crippen LogP contribution < -0.4 is 5.32 Å². The maximum Gasteiger partial charge on any atom is 0.178 e. The zero-order chi connectivity index (χ0) is 17.9. The van der Waals surface area contributed by atoms with Crippen LogP contribution in [0.15, 0.2) is 30.3 Å². The molecule has 2 heterocycles. The number of morpholine rings is 1. The Balaban J connectivity index is 1.52. The highest BCUT2D eigenvalue weighted by Crippen LogP contribution is 2.30.